The van der Waals surface area contributed by atoms with Crippen LogP contribution in [-0.2, 0) is 4.79 Å². The fraction of sp³-hybridized carbons (Fsp3) is 0.438. The van der Waals surface area contributed by atoms with Crippen molar-refractivity contribution in [2.75, 3.05) is 11.4 Å². The van der Waals surface area contributed by atoms with Crippen LogP contribution in [0.25, 0.3) is 6.08 Å². The topological polar surface area (TPSA) is 40.5 Å². The summed E-state index contributed by atoms with van der Waals surface area (Å²) in [7, 11) is 0. The second kappa shape index (κ2) is 6.31. The molecule has 0 aromatic heterocycles. The Kier molecular flexibility index (Phi) is 4.71. The van der Waals surface area contributed by atoms with E-state index in [0.717, 1.165) is 29.8 Å². The minimum Gasteiger partial charge on any atom is -0.478 e. The first kappa shape index (κ1) is 14.9. The molecule has 1 fully saturated rings. The quantitative estimate of drug-likeness (QED) is 0.854. The van der Waals surface area contributed by atoms with Crippen LogP contribution in [-0.4, -0.2) is 23.7 Å². The number of rotatable bonds is 3. The van der Waals surface area contributed by atoms with Gasteiger partial charge in [0.2, 0.25) is 0 Å². The van der Waals surface area contributed by atoms with E-state index in [9.17, 15) is 4.79 Å². The molecule has 3 nitrogen and oxygen atoms in total. The lowest BCUT2D eigenvalue weighted by Crippen LogP contribution is -2.40. The van der Waals surface area contributed by atoms with Crippen LogP contribution < -0.4 is 4.90 Å². The number of carbonyl (C=O) groups is 1. The minimum atomic E-state index is -0.955. The third-order valence-electron chi connectivity index (χ3n) is 3.84. The molecule has 0 amide bonds. The Balaban J connectivity index is 2.19. The van der Waals surface area contributed by atoms with Crippen LogP contribution in [0.15, 0.2) is 24.3 Å². The van der Waals surface area contributed by atoms with Gasteiger partial charge < -0.3 is 10.0 Å². The number of benzene rings is 1. The van der Waals surface area contributed by atoms with Crippen molar-refractivity contribution in [2.45, 2.75) is 32.7 Å². The van der Waals surface area contributed by atoms with Crippen LogP contribution in [0.2, 0.25) is 5.02 Å². The van der Waals surface area contributed by atoms with E-state index < -0.39 is 5.97 Å². The Labute approximate surface area is 124 Å². The molecular weight excluding hydrogens is 274 g/mol. The lowest BCUT2D eigenvalue weighted by atomic mass is 9.93. The average Bonchev–Trinajstić information content (AvgIpc) is 2.37. The van der Waals surface area contributed by atoms with Gasteiger partial charge in [0.1, 0.15) is 0 Å². The predicted octanol–water partition coefficient (Wildman–Crippen LogP) is 4.06. The smallest absolute Gasteiger partial charge is 0.328 e. The van der Waals surface area contributed by atoms with Gasteiger partial charge in [0, 0.05) is 18.7 Å². The highest BCUT2D eigenvalue weighted by Gasteiger charge is 2.24. The summed E-state index contributed by atoms with van der Waals surface area (Å²) in [6.07, 6.45) is 5.04. The summed E-state index contributed by atoms with van der Waals surface area (Å²) < 4.78 is 0. The third kappa shape index (κ3) is 3.54. The van der Waals surface area contributed by atoms with E-state index in [2.05, 4.69) is 18.7 Å². The summed E-state index contributed by atoms with van der Waals surface area (Å²) in [4.78, 5) is 12.9. The van der Waals surface area contributed by atoms with Gasteiger partial charge in [-0.3, -0.25) is 0 Å². The van der Waals surface area contributed by atoms with Gasteiger partial charge in [-0.2, -0.15) is 0 Å². The van der Waals surface area contributed by atoms with Crippen LogP contribution in [0.5, 0.6) is 0 Å². The van der Waals surface area contributed by atoms with Crippen molar-refractivity contribution in [3.63, 3.8) is 0 Å². The zero-order chi connectivity index (χ0) is 14.7. The van der Waals surface area contributed by atoms with E-state index in [-0.39, 0.29) is 0 Å². The lowest BCUT2D eigenvalue weighted by Gasteiger charge is -2.38. The third-order valence-corrected chi connectivity index (χ3v) is 4.14. The molecule has 2 atom stereocenters. The SMILES string of the molecule is CC1CCN(c2ccc(/C=C/C(=O)O)cc2Cl)C(C)C1. The molecule has 1 aliphatic rings. The average molecular weight is 294 g/mol. The Morgan fingerprint density at radius 3 is 2.80 bits per heavy atom. The monoisotopic (exact) mass is 293 g/mol. The largest absolute Gasteiger partial charge is 0.478 e. The number of nitrogens with zero attached hydrogens (tertiary/aromatic N) is 1. The van der Waals surface area contributed by atoms with Crippen LogP contribution in [0.1, 0.15) is 32.3 Å². The molecule has 0 saturated carbocycles. The van der Waals surface area contributed by atoms with Crippen molar-refractivity contribution in [2.24, 2.45) is 5.92 Å². The normalized spacial score (nSPS) is 23.2. The number of piperidine rings is 1. The molecule has 1 N–H and O–H groups in total. The van der Waals surface area contributed by atoms with Gasteiger partial charge in [-0.1, -0.05) is 24.6 Å². The Morgan fingerprint density at radius 1 is 1.45 bits per heavy atom. The van der Waals surface area contributed by atoms with Crippen molar-refractivity contribution >= 4 is 29.3 Å². The predicted molar refractivity (Wildman–Crippen MR) is 83.3 cm³/mol. The number of carboxylic acid groups (broad SMARTS) is 1. The van der Waals surface area contributed by atoms with Gasteiger partial charge in [0.25, 0.3) is 0 Å². The maximum Gasteiger partial charge on any atom is 0.328 e. The van der Waals surface area contributed by atoms with E-state index in [4.69, 9.17) is 16.7 Å². The molecule has 1 aromatic rings. The van der Waals surface area contributed by atoms with Crippen molar-refractivity contribution in [1.82, 2.24) is 0 Å². The zero-order valence-corrected chi connectivity index (χ0v) is 12.6. The Bertz CT molecular complexity index is 527. The molecule has 1 saturated heterocycles. The number of hydrogen-bond donors (Lipinski definition) is 1. The molecular formula is C16H20ClNO2. The van der Waals surface area contributed by atoms with Gasteiger partial charge >= 0.3 is 5.97 Å². The van der Waals surface area contributed by atoms with Crippen LogP contribution in [0, 0.1) is 5.92 Å². The molecule has 2 rings (SSSR count). The van der Waals surface area contributed by atoms with Gasteiger partial charge in [-0.05, 0) is 49.5 Å². The first-order chi connectivity index (χ1) is 9.47. The van der Waals surface area contributed by atoms with E-state index in [1.807, 2.05) is 18.2 Å². The molecule has 4 heteroatoms. The fourth-order valence-corrected chi connectivity index (χ4v) is 3.09. The van der Waals surface area contributed by atoms with Crippen LogP contribution >= 0.6 is 11.6 Å². The number of anilines is 1. The number of halogens is 1. The summed E-state index contributed by atoms with van der Waals surface area (Å²) in [6.45, 7) is 5.53. The molecule has 0 aliphatic carbocycles. The van der Waals surface area contributed by atoms with Crippen LogP contribution in [0.3, 0.4) is 0 Å². The van der Waals surface area contributed by atoms with Gasteiger partial charge in [0.15, 0.2) is 0 Å². The second-order valence-electron chi connectivity index (χ2n) is 5.55. The molecule has 1 aliphatic heterocycles. The summed E-state index contributed by atoms with van der Waals surface area (Å²) in [5.74, 6) is -0.193. The summed E-state index contributed by atoms with van der Waals surface area (Å²) in [6, 6.07) is 6.19. The summed E-state index contributed by atoms with van der Waals surface area (Å²) in [5.41, 5.74) is 1.85. The van der Waals surface area contributed by atoms with Crippen molar-refractivity contribution in [3.05, 3.63) is 34.9 Å². The van der Waals surface area contributed by atoms with E-state index in [0.29, 0.717) is 11.1 Å². The molecule has 2 unspecified atom stereocenters. The Hall–Kier alpha value is -1.48. The molecule has 0 spiro atoms. The standard InChI is InChI=1S/C16H20ClNO2/c1-11-7-8-18(12(2)9-11)15-5-3-13(10-14(15)17)4-6-16(19)20/h3-6,10-12H,7-9H2,1-2H3,(H,19,20)/b6-4+. The van der Waals surface area contributed by atoms with Gasteiger partial charge in [-0.15, -0.1) is 0 Å². The molecule has 1 heterocycles. The molecule has 0 radical (unpaired) electrons. The number of carboxylic acids is 1. The molecule has 108 valence electrons. The minimum absolute atomic E-state index is 0.483. The first-order valence-corrected chi connectivity index (χ1v) is 7.32. The lowest BCUT2D eigenvalue weighted by molar-refractivity contribution is -0.131. The molecule has 20 heavy (non-hydrogen) atoms. The van der Waals surface area contributed by atoms with Crippen molar-refractivity contribution in [3.8, 4) is 0 Å². The maximum absolute atomic E-state index is 10.5. The number of aliphatic carboxylic acids is 1. The highest BCUT2D eigenvalue weighted by atomic mass is 35.5. The van der Waals surface area contributed by atoms with Gasteiger partial charge in [-0.25, -0.2) is 4.79 Å². The summed E-state index contributed by atoms with van der Waals surface area (Å²) in [5, 5.41) is 9.31. The van der Waals surface area contributed by atoms with E-state index in [1.165, 1.54) is 12.8 Å². The maximum atomic E-state index is 10.5. The van der Waals surface area contributed by atoms with Crippen LogP contribution in [0.4, 0.5) is 5.69 Å². The van der Waals surface area contributed by atoms with E-state index >= 15 is 0 Å². The Morgan fingerprint density at radius 2 is 2.20 bits per heavy atom. The van der Waals surface area contributed by atoms with E-state index in [1.54, 1.807) is 6.08 Å². The molecule has 0 bridgehead atoms. The van der Waals surface area contributed by atoms with Crippen molar-refractivity contribution in [1.29, 1.82) is 0 Å². The van der Waals surface area contributed by atoms with Crippen molar-refractivity contribution < 1.29 is 9.90 Å². The number of hydrogen-bond acceptors (Lipinski definition) is 2. The highest BCUT2D eigenvalue weighted by Crippen LogP contribution is 2.33. The van der Waals surface area contributed by atoms with Gasteiger partial charge in [0.05, 0.1) is 10.7 Å². The highest BCUT2D eigenvalue weighted by molar-refractivity contribution is 6.33. The second-order valence-corrected chi connectivity index (χ2v) is 5.96. The zero-order valence-electron chi connectivity index (χ0n) is 11.8. The fourth-order valence-electron chi connectivity index (χ4n) is 2.79. The molecule has 1 aromatic carbocycles. The first-order valence-electron chi connectivity index (χ1n) is 6.94. The summed E-state index contributed by atoms with van der Waals surface area (Å²) >= 11 is 6.36.